The highest BCUT2D eigenvalue weighted by atomic mass is 32.1. The number of amides is 1. The third kappa shape index (κ3) is 4.17. The molecule has 0 saturated carbocycles. The highest BCUT2D eigenvalue weighted by Gasteiger charge is 2.48. The third-order valence-corrected chi connectivity index (χ3v) is 8.07. The number of rotatable bonds is 5. The number of aliphatic hydroxyl groups is 1. The minimum atomic E-state index is -0.988. The number of hydrogen-bond acceptors (Lipinski definition) is 9. The van der Waals surface area contributed by atoms with Crippen molar-refractivity contribution in [3.63, 3.8) is 0 Å². The van der Waals surface area contributed by atoms with Gasteiger partial charge in [0.05, 0.1) is 41.6 Å². The number of aromatic nitrogens is 1. The van der Waals surface area contributed by atoms with Gasteiger partial charge in [-0.3, -0.25) is 14.5 Å². The molecule has 6 rings (SSSR count). The molecule has 2 atom stereocenters. The van der Waals surface area contributed by atoms with Crippen molar-refractivity contribution in [2.24, 2.45) is 0 Å². The zero-order chi connectivity index (χ0) is 28.1. The molecule has 4 aromatic rings. The maximum absolute atomic E-state index is 13.6. The summed E-state index contributed by atoms with van der Waals surface area (Å²) in [5, 5.41) is 11.8. The lowest BCUT2D eigenvalue weighted by Gasteiger charge is -2.23. The SMILES string of the molecule is COC(=O)c1ccc([C@@H]2/C(=C(\O)c3ccc4c(c3)C[C@@H](C)O4)C(=O)C(=O)N2c2nc3ccc(OC)cc3s2)cc1. The van der Waals surface area contributed by atoms with Gasteiger partial charge >= 0.3 is 11.9 Å². The maximum atomic E-state index is 13.6. The lowest BCUT2D eigenvalue weighted by atomic mass is 9.94. The highest BCUT2D eigenvalue weighted by Crippen LogP contribution is 2.45. The van der Waals surface area contributed by atoms with Gasteiger partial charge in [-0.05, 0) is 66.6 Å². The molecule has 0 radical (unpaired) electrons. The maximum Gasteiger partial charge on any atom is 0.337 e. The first-order chi connectivity index (χ1) is 19.3. The smallest absolute Gasteiger partial charge is 0.337 e. The first-order valence-electron chi connectivity index (χ1n) is 12.5. The van der Waals surface area contributed by atoms with Crippen LogP contribution in [0.1, 0.15) is 40.0 Å². The summed E-state index contributed by atoms with van der Waals surface area (Å²) < 4.78 is 16.7. The lowest BCUT2D eigenvalue weighted by molar-refractivity contribution is -0.132. The van der Waals surface area contributed by atoms with Crippen LogP contribution < -0.4 is 14.4 Å². The fourth-order valence-electron chi connectivity index (χ4n) is 5.11. The largest absolute Gasteiger partial charge is 0.507 e. The van der Waals surface area contributed by atoms with Crippen molar-refractivity contribution in [1.82, 2.24) is 4.98 Å². The van der Waals surface area contributed by atoms with Crippen molar-refractivity contribution in [3.8, 4) is 11.5 Å². The highest BCUT2D eigenvalue weighted by molar-refractivity contribution is 7.22. The van der Waals surface area contributed by atoms with Crippen LogP contribution >= 0.6 is 11.3 Å². The number of ether oxygens (including phenoxy) is 3. The molecule has 3 aromatic carbocycles. The number of anilines is 1. The minimum Gasteiger partial charge on any atom is -0.507 e. The third-order valence-electron chi connectivity index (χ3n) is 7.05. The average Bonchev–Trinajstić information content (AvgIpc) is 3.63. The van der Waals surface area contributed by atoms with Crippen molar-refractivity contribution in [1.29, 1.82) is 0 Å². The van der Waals surface area contributed by atoms with Gasteiger partial charge in [-0.2, -0.15) is 0 Å². The molecule has 9 nitrogen and oxygen atoms in total. The molecule has 1 saturated heterocycles. The Morgan fingerprint density at radius 2 is 1.80 bits per heavy atom. The molecule has 1 amide bonds. The lowest BCUT2D eigenvalue weighted by Crippen LogP contribution is -2.29. The van der Waals surface area contributed by atoms with Gasteiger partial charge in [-0.25, -0.2) is 9.78 Å². The Morgan fingerprint density at radius 3 is 2.52 bits per heavy atom. The molecule has 2 aliphatic rings. The molecule has 10 heteroatoms. The van der Waals surface area contributed by atoms with E-state index in [9.17, 15) is 19.5 Å². The van der Waals surface area contributed by atoms with Gasteiger partial charge in [0, 0.05) is 12.0 Å². The van der Waals surface area contributed by atoms with Crippen LogP contribution in [-0.2, 0) is 20.7 Å². The van der Waals surface area contributed by atoms with Crippen molar-refractivity contribution < 1.29 is 33.7 Å². The van der Waals surface area contributed by atoms with Crippen LogP contribution in [0.15, 0.2) is 66.2 Å². The Balaban J connectivity index is 1.52. The van der Waals surface area contributed by atoms with Crippen LogP contribution in [0, 0.1) is 0 Å². The number of hydrogen-bond donors (Lipinski definition) is 1. The first kappa shape index (κ1) is 25.6. The predicted octanol–water partition coefficient (Wildman–Crippen LogP) is 5.04. The normalized spacial score (nSPS) is 19.5. The molecular formula is C30H24N2O7S. The molecule has 1 fully saturated rings. The molecule has 0 bridgehead atoms. The summed E-state index contributed by atoms with van der Waals surface area (Å²) in [6.07, 6.45) is 0.669. The number of aliphatic hydroxyl groups excluding tert-OH is 1. The Kier molecular flexibility index (Phi) is 6.26. The summed E-state index contributed by atoms with van der Waals surface area (Å²) in [5.41, 5.74) is 2.70. The van der Waals surface area contributed by atoms with Crippen molar-refractivity contribution in [2.45, 2.75) is 25.5 Å². The van der Waals surface area contributed by atoms with Gasteiger partial charge < -0.3 is 19.3 Å². The molecular weight excluding hydrogens is 532 g/mol. The van der Waals surface area contributed by atoms with Gasteiger partial charge in [0.2, 0.25) is 0 Å². The molecule has 2 aliphatic heterocycles. The van der Waals surface area contributed by atoms with Crippen molar-refractivity contribution >= 4 is 50.1 Å². The minimum absolute atomic E-state index is 0.00367. The summed E-state index contributed by atoms with van der Waals surface area (Å²) in [4.78, 5) is 45.1. The number of nitrogens with zero attached hydrogens (tertiary/aromatic N) is 2. The summed E-state index contributed by atoms with van der Waals surface area (Å²) in [6.45, 7) is 1.96. The van der Waals surface area contributed by atoms with E-state index in [-0.39, 0.29) is 17.4 Å². The number of Topliss-reactive ketones (excluding diaryl/α,β-unsaturated/α-hetero) is 1. The monoisotopic (exact) mass is 556 g/mol. The number of carbonyl (C=O) groups excluding carboxylic acids is 3. The van der Waals surface area contributed by atoms with E-state index in [0.29, 0.717) is 39.5 Å². The zero-order valence-electron chi connectivity index (χ0n) is 21.8. The number of carbonyl (C=O) groups is 3. The van der Waals surface area contributed by atoms with E-state index in [4.69, 9.17) is 14.2 Å². The molecule has 0 spiro atoms. The number of ketones is 1. The van der Waals surface area contributed by atoms with Crippen LogP contribution in [0.3, 0.4) is 0 Å². The number of methoxy groups -OCH3 is 2. The summed E-state index contributed by atoms with van der Waals surface area (Å²) in [7, 11) is 2.85. The second-order valence-electron chi connectivity index (χ2n) is 9.57. The fraction of sp³-hybridized carbons (Fsp3) is 0.200. The summed E-state index contributed by atoms with van der Waals surface area (Å²) in [6, 6.07) is 15.9. The van der Waals surface area contributed by atoms with Gasteiger partial charge in [0.25, 0.3) is 5.78 Å². The number of benzene rings is 3. The molecule has 202 valence electrons. The second kappa shape index (κ2) is 9.80. The van der Waals surface area contributed by atoms with Crippen LogP contribution in [-0.4, -0.2) is 48.1 Å². The van der Waals surface area contributed by atoms with E-state index >= 15 is 0 Å². The Morgan fingerprint density at radius 1 is 1.05 bits per heavy atom. The molecule has 0 aliphatic carbocycles. The van der Waals surface area contributed by atoms with Gasteiger partial charge in [0.15, 0.2) is 5.13 Å². The fourth-order valence-corrected chi connectivity index (χ4v) is 6.13. The predicted molar refractivity (Wildman–Crippen MR) is 149 cm³/mol. The molecule has 3 heterocycles. The summed E-state index contributed by atoms with van der Waals surface area (Å²) >= 11 is 1.23. The van der Waals surface area contributed by atoms with Crippen LogP contribution in [0.4, 0.5) is 5.13 Å². The van der Waals surface area contributed by atoms with Gasteiger partial charge in [-0.1, -0.05) is 23.5 Å². The van der Waals surface area contributed by atoms with E-state index in [1.807, 2.05) is 6.92 Å². The van der Waals surface area contributed by atoms with E-state index in [1.165, 1.54) is 23.3 Å². The number of fused-ring (bicyclic) bond motifs is 2. The molecule has 0 unspecified atom stereocenters. The first-order valence-corrected chi connectivity index (χ1v) is 13.3. The standard InChI is InChI=1S/C30H24N2O7S/c1-15-12-19-13-18(8-11-22(19)39-15)26(33)24-25(16-4-6-17(7-5-16)29(36)38-3)32(28(35)27(24)34)30-31-21-10-9-20(37-2)14-23(21)40-30/h4-11,13-15,25,33H,12H2,1-3H3/b26-24+/t15-,25-/m1/s1. The van der Waals surface area contributed by atoms with E-state index in [1.54, 1.807) is 67.8 Å². The van der Waals surface area contributed by atoms with Gasteiger partial charge in [0.1, 0.15) is 23.4 Å². The van der Waals surface area contributed by atoms with Crippen molar-refractivity contribution in [3.05, 3.63) is 88.5 Å². The van der Waals surface area contributed by atoms with Gasteiger partial charge in [-0.15, -0.1) is 0 Å². The molecule has 40 heavy (non-hydrogen) atoms. The quantitative estimate of drug-likeness (QED) is 0.157. The number of thiazole rings is 1. The Labute approximate surface area is 233 Å². The average molecular weight is 557 g/mol. The van der Waals surface area contributed by atoms with E-state index in [2.05, 4.69) is 4.98 Å². The van der Waals surface area contributed by atoms with Crippen LogP contribution in [0.2, 0.25) is 0 Å². The van der Waals surface area contributed by atoms with E-state index in [0.717, 1.165) is 16.0 Å². The Bertz CT molecular complexity index is 1720. The molecule has 1 N–H and O–H groups in total. The topological polar surface area (TPSA) is 115 Å². The van der Waals surface area contributed by atoms with E-state index < -0.39 is 23.7 Å². The second-order valence-corrected chi connectivity index (χ2v) is 10.6. The summed E-state index contributed by atoms with van der Waals surface area (Å²) in [5.74, 6) is -1.10. The zero-order valence-corrected chi connectivity index (χ0v) is 22.7. The van der Waals surface area contributed by atoms with Crippen LogP contribution in [0.25, 0.3) is 16.0 Å². The molecule has 1 aromatic heterocycles. The Hall–Kier alpha value is -4.70. The van der Waals surface area contributed by atoms with Crippen molar-refractivity contribution in [2.75, 3.05) is 19.1 Å². The van der Waals surface area contributed by atoms with Crippen LogP contribution in [0.5, 0.6) is 11.5 Å². The number of esters is 1.